The molecule has 1 atom stereocenters. The lowest BCUT2D eigenvalue weighted by Crippen LogP contribution is -2.42. The molecule has 4 rings (SSSR count). The van der Waals surface area contributed by atoms with Crippen LogP contribution in [-0.2, 0) is 18.7 Å². The maximum absolute atomic E-state index is 13.3. The van der Waals surface area contributed by atoms with E-state index in [1.54, 1.807) is 24.3 Å². The van der Waals surface area contributed by atoms with Crippen molar-refractivity contribution < 1.29 is 27.1 Å². The number of nitrogens with one attached hydrogen (secondary N) is 2. The topological polar surface area (TPSA) is 91.2 Å². The Morgan fingerprint density at radius 3 is 2.50 bits per heavy atom. The van der Waals surface area contributed by atoms with Crippen molar-refractivity contribution in [1.29, 1.82) is 0 Å². The van der Waals surface area contributed by atoms with E-state index in [-0.39, 0.29) is 18.2 Å². The molecule has 0 saturated heterocycles. The quantitative estimate of drug-likeness (QED) is 0.265. The van der Waals surface area contributed by atoms with Gasteiger partial charge in [0.05, 0.1) is 18.4 Å². The fraction of sp³-hybridized carbons (Fsp3) is 0.250. The summed E-state index contributed by atoms with van der Waals surface area (Å²) in [5.41, 5.74) is -1.56. The lowest BCUT2D eigenvalue weighted by Gasteiger charge is -2.27. The zero-order valence-electron chi connectivity index (χ0n) is 18.0. The molecule has 0 aliphatic rings. The summed E-state index contributed by atoms with van der Waals surface area (Å²) in [4.78, 5) is 18.5. The highest BCUT2D eigenvalue weighted by Crippen LogP contribution is 2.40. The number of halogens is 4. The number of nitrogens with zero attached hydrogens (tertiary/aromatic N) is 1. The van der Waals surface area contributed by atoms with E-state index in [0.29, 0.717) is 28.6 Å². The van der Waals surface area contributed by atoms with Gasteiger partial charge >= 0.3 is 11.8 Å². The van der Waals surface area contributed by atoms with Gasteiger partial charge in [-0.3, -0.25) is 0 Å². The summed E-state index contributed by atoms with van der Waals surface area (Å²) in [5.74, 6) is -0.150. The van der Waals surface area contributed by atoms with Gasteiger partial charge in [-0.2, -0.15) is 13.2 Å². The summed E-state index contributed by atoms with van der Waals surface area (Å²) in [7, 11) is 0. The van der Waals surface area contributed by atoms with Crippen LogP contribution in [0.25, 0.3) is 22.1 Å². The minimum absolute atomic E-state index is 0.120. The Balaban J connectivity index is 1.49. The third-order valence-electron chi connectivity index (χ3n) is 5.64. The van der Waals surface area contributed by atoms with Crippen LogP contribution in [0, 0.1) is 5.82 Å². The Kier molecular flexibility index (Phi) is 6.28. The summed E-state index contributed by atoms with van der Waals surface area (Å²) in [6.07, 6.45) is -4.40. The van der Waals surface area contributed by atoms with E-state index < -0.39 is 29.5 Å². The first-order valence-electron chi connectivity index (χ1n) is 10.5. The molecule has 2 heterocycles. The largest absolute Gasteiger partial charge is 0.423 e. The summed E-state index contributed by atoms with van der Waals surface area (Å²) in [6.45, 7) is 1.68. The van der Waals surface area contributed by atoms with Crippen molar-refractivity contribution in [3.63, 3.8) is 0 Å². The molecule has 0 saturated carbocycles. The molecule has 6 nitrogen and oxygen atoms in total. The van der Waals surface area contributed by atoms with Crippen molar-refractivity contribution in [2.24, 2.45) is 0 Å². The average Bonchev–Trinajstić information content (AvgIpc) is 3.27. The van der Waals surface area contributed by atoms with Gasteiger partial charge in [-0.15, -0.1) is 0 Å². The van der Waals surface area contributed by atoms with Gasteiger partial charge in [0.15, 0.2) is 0 Å². The van der Waals surface area contributed by atoms with E-state index >= 15 is 0 Å². The van der Waals surface area contributed by atoms with E-state index in [4.69, 9.17) is 4.42 Å². The van der Waals surface area contributed by atoms with E-state index in [1.165, 1.54) is 25.1 Å². The fourth-order valence-electron chi connectivity index (χ4n) is 3.72. The zero-order valence-corrected chi connectivity index (χ0v) is 18.0. The smallest absolute Gasteiger partial charge is 0.422 e. The van der Waals surface area contributed by atoms with Crippen LogP contribution in [0.2, 0.25) is 0 Å². The number of aromatic amines is 1. The SMILES string of the molecule is CCC(O)(c1cnc(CNCc2ccc3c(-c4ccc(F)cc4)cc(=O)oc3c2)[nH]1)C(F)(F)F. The van der Waals surface area contributed by atoms with Gasteiger partial charge in [-0.25, -0.2) is 14.2 Å². The van der Waals surface area contributed by atoms with Gasteiger partial charge in [-0.05, 0) is 41.3 Å². The fourth-order valence-corrected chi connectivity index (χ4v) is 3.72. The number of imidazole rings is 1. The lowest BCUT2D eigenvalue weighted by atomic mass is 9.96. The second-order valence-corrected chi connectivity index (χ2v) is 7.88. The van der Waals surface area contributed by atoms with Crippen LogP contribution in [0.5, 0.6) is 0 Å². The number of rotatable bonds is 7. The van der Waals surface area contributed by atoms with Crippen molar-refractivity contribution in [1.82, 2.24) is 15.3 Å². The molecule has 3 N–H and O–H groups in total. The lowest BCUT2D eigenvalue weighted by molar-refractivity contribution is -0.269. The first kappa shape index (κ1) is 23.7. The first-order valence-corrected chi connectivity index (χ1v) is 10.5. The number of aromatic nitrogens is 2. The molecule has 34 heavy (non-hydrogen) atoms. The van der Waals surface area contributed by atoms with Crippen LogP contribution in [0.4, 0.5) is 17.6 Å². The van der Waals surface area contributed by atoms with Gasteiger partial charge in [0.1, 0.15) is 17.2 Å². The molecule has 4 aromatic rings. The summed E-state index contributed by atoms with van der Waals surface area (Å²) in [5, 5.41) is 13.7. The van der Waals surface area contributed by atoms with Gasteiger partial charge in [-0.1, -0.05) is 31.2 Å². The van der Waals surface area contributed by atoms with Crippen LogP contribution >= 0.6 is 0 Å². The molecule has 0 fully saturated rings. The van der Waals surface area contributed by atoms with Crippen LogP contribution in [0.1, 0.15) is 30.4 Å². The summed E-state index contributed by atoms with van der Waals surface area (Å²) in [6, 6.07) is 12.4. The minimum Gasteiger partial charge on any atom is -0.423 e. The normalized spacial score (nSPS) is 13.8. The molecule has 178 valence electrons. The Hall–Kier alpha value is -3.50. The highest BCUT2D eigenvalue weighted by atomic mass is 19.4. The molecular weight excluding hydrogens is 454 g/mol. The van der Waals surface area contributed by atoms with Gasteiger partial charge < -0.3 is 19.8 Å². The average molecular weight is 475 g/mol. The molecule has 0 radical (unpaired) electrons. The molecule has 2 aromatic carbocycles. The Morgan fingerprint density at radius 2 is 1.82 bits per heavy atom. The zero-order chi connectivity index (χ0) is 24.5. The van der Waals surface area contributed by atoms with Crippen LogP contribution in [0.15, 0.2) is 63.9 Å². The number of H-pyrrole nitrogens is 1. The van der Waals surface area contributed by atoms with Crippen molar-refractivity contribution >= 4 is 11.0 Å². The van der Waals surface area contributed by atoms with E-state index in [9.17, 15) is 27.5 Å². The van der Waals surface area contributed by atoms with E-state index in [2.05, 4.69) is 15.3 Å². The maximum atomic E-state index is 13.3. The Bertz CT molecular complexity index is 1360. The number of aliphatic hydroxyl groups is 1. The van der Waals surface area contributed by atoms with Gasteiger partial charge in [0, 0.05) is 18.0 Å². The van der Waals surface area contributed by atoms with Crippen LogP contribution < -0.4 is 10.9 Å². The highest BCUT2D eigenvalue weighted by molar-refractivity contribution is 5.93. The molecule has 0 amide bonds. The van der Waals surface area contributed by atoms with Crippen molar-refractivity contribution in [3.8, 4) is 11.1 Å². The molecule has 1 unspecified atom stereocenters. The molecule has 2 aromatic heterocycles. The predicted octanol–water partition coefficient (Wildman–Crippen LogP) is 4.77. The van der Waals surface area contributed by atoms with E-state index in [0.717, 1.165) is 11.8 Å². The second-order valence-electron chi connectivity index (χ2n) is 7.88. The van der Waals surface area contributed by atoms with Crippen LogP contribution in [0.3, 0.4) is 0 Å². The number of hydrogen-bond donors (Lipinski definition) is 3. The van der Waals surface area contributed by atoms with Crippen LogP contribution in [-0.4, -0.2) is 21.3 Å². The number of alkyl halides is 3. The van der Waals surface area contributed by atoms with Crippen molar-refractivity contribution in [3.05, 3.63) is 88.0 Å². The van der Waals surface area contributed by atoms with E-state index in [1.807, 2.05) is 6.07 Å². The Morgan fingerprint density at radius 1 is 1.09 bits per heavy atom. The maximum Gasteiger partial charge on any atom is 0.422 e. The molecule has 10 heteroatoms. The highest BCUT2D eigenvalue weighted by Gasteiger charge is 2.54. The minimum atomic E-state index is -4.83. The predicted molar refractivity (Wildman–Crippen MR) is 117 cm³/mol. The van der Waals surface area contributed by atoms with Gasteiger partial charge in [0.2, 0.25) is 5.60 Å². The monoisotopic (exact) mass is 475 g/mol. The molecule has 0 aliphatic heterocycles. The summed E-state index contributed by atoms with van der Waals surface area (Å²) < 4.78 is 58.3. The van der Waals surface area contributed by atoms with Crippen molar-refractivity contribution in [2.45, 2.75) is 38.2 Å². The second kappa shape index (κ2) is 9.03. The third kappa shape index (κ3) is 4.59. The number of hydrogen-bond acceptors (Lipinski definition) is 5. The van der Waals surface area contributed by atoms with Crippen molar-refractivity contribution in [2.75, 3.05) is 0 Å². The molecule has 0 spiro atoms. The standard InChI is InChI=1S/C24H21F4N3O3/c1-2-23(33,24(26,27)28)20-12-30-21(31-20)13-29-11-14-3-8-17-18(10-22(32)34-19(17)9-14)15-4-6-16(25)7-5-15/h3-10,12,29,33H,2,11,13H2,1H3,(H,30,31). The third-order valence-corrected chi connectivity index (χ3v) is 5.64. The van der Waals surface area contributed by atoms with Gasteiger partial charge in [0.25, 0.3) is 0 Å². The molecular formula is C24H21F4N3O3. The molecule has 0 aliphatic carbocycles. The number of benzene rings is 2. The molecule has 0 bridgehead atoms. The Labute approximate surface area is 191 Å². The summed E-state index contributed by atoms with van der Waals surface area (Å²) >= 11 is 0. The number of fused-ring (bicyclic) bond motifs is 1. The first-order chi connectivity index (χ1) is 16.1.